The summed E-state index contributed by atoms with van der Waals surface area (Å²) in [5.41, 5.74) is 5.53. The Morgan fingerprint density at radius 1 is 1.18 bits per heavy atom. The maximum atomic E-state index is 13.1. The lowest BCUT2D eigenvalue weighted by atomic mass is 10.2. The summed E-state index contributed by atoms with van der Waals surface area (Å²) in [7, 11) is 0. The van der Waals surface area contributed by atoms with E-state index in [0.29, 0.717) is 22.8 Å². The van der Waals surface area contributed by atoms with Crippen molar-refractivity contribution < 1.29 is 13.2 Å². The number of halogens is 4. The Morgan fingerprint density at radius 2 is 1.91 bits per heavy atom. The molecular formula is C12H10ClF3N6. The average molecular weight is 331 g/mol. The number of nitrogen functional groups attached to an aromatic ring is 1. The fourth-order valence-electron chi connectivity index (χ4n) is 1.93. The number of aromatic nitrogens is 4. The second-order valence-electron chi connectivity index (χ2n) is 4.25. The largest absolute Gasteiger partial charge is 0.421 e. The molecule has 10 heteroatoms. The lowest BCUT2D eigenvalue weighted by Crippen LogP contribution is -2.14. The zero-order valence-electron chi connectivity index (χ0n) is 11.0. The number of alkyl halides is 3. The van der Waals surface area contributed by atoms with Crippen LogP contribution >= 0.6 is 11.6 Å². The predicted molar refractivity (Wildman–Crippen MR) is 76.1 cm³/mol. The molecule has 0 atom stereocenters. The molecule has 0 aliphatic heterocycles. The van der Waals surface area contributed by atoms with Gasteiger partial charge in [0.2, 0.25) is 5.28 Å². The van der Waals surface area contributed by atoms with E-state index < -0.39 is 17.6 Å². The van der Waals surface area contributed by atoms with Crippen molar-refractivity contribution >= 4 is 28.2 Å². The molecule has 22 heavy (non-hydrogen) atoms. The summed E-state index contributed by atoms with van der Waals surface area (Å²) < 4.78 is 40.2. The van der Waals surface area contributed by atoms with Crippen molar-refractivity contribution in [3.63, 3.8) is 0 Å². The van der Waals surface area contributed by atoms with E-state index in [9.17, 15) is 13.2 Å². The molecular weight excluding hydrogens is 321 g/mol. The van der Waals surface area contributed by atoms with Crippen LogP contribution in [0.25, 0.3) is 16.7 Å². The Morgan fingerprint density at radius 3 is 2.59 bits per heavy atom. The molecule has 0 amide bonds. The van der Waals surface area contributed by atoms with Gasteiger partial charge < -0.3 is 11.9 Å². The van der Waals surface area contributed by atoms with E-state index in [-0.39, 0.29) is 11.4 Å². The van der Waals surface area contributed by atoms with Crippen LogP contribution in [0.2, 0.25) is 5.28 Å². The van der Waals surface area contributed by atoms with Crippen LogP contribution in [0.15, 0.2) is 30.6 Å². The minimum Gasteiger partial charge on any atom is -0.399 e. The second-order valence-corrected chi connectivity index (χ2v) is 4.59. The minimum atomic E-state index is -4.62. The fourth-order valence-corrected chi connectivity index (χ4v) is 2.06. The number of hydrogen-bond acceptors (Lipinski definition) is 5. The molecule has 0 saturated heterocycles. The van der Waals surface area contributed by atoms with Crippen LogP contribution in [0, 0.1) is 0 Å². The first-order valence-electron chi connectivity index (χ1n) is 5.69. The number of nitrogens with zero attached hydrogens (tertiary/aromatic N) is 4. The lowest BCUT2D eigenvalue weighted by molar-refractivity contribution is -0.138. The first-order chi connectivity index (χ1) is 9.86. The molecule has 0 aliphatic carbocycles. The zero-order valence-corrected chi connectivity index (χ0v) is 11.7. The normalized spacial score (nSPS) is 11.5. The van der Waals surface area contributed by atoms with E-state index in [0.717, 1.165) is 4.68 Å². The van der Waals surface area contributed by atoms with Crippen LogP contribution in [-0.2, 0) is 6.18 Å². The van der Waals surface area contributed by atoms with Gasteiger partial charge in [0.1, 0.15) is 5.56 Å². The second kappa shape index (κ2) is 5.43. The monoisotopic (exact) mass is 330 g/mol. The van der Waals surface area contributed by atoms with Crippen LogP contribution in [0.5, 0.6) is 0 Å². The van der Waals surface area contributed by atoms with Gasteiger partial charge in [-0.3, -0.25) is 0 Å². The van der Waals surface area contributed by atoms with Crippen LogP contribution in [0.1, 0.15) is 5.56 Å². The van der Waals surface area contributed by atoms with Crippen molar-refractivity contribution in [1.29, 1.82) is 0 Å². The van der Waals surface area contributed by atoms with Crippen molar-refractivity contribution in [3.05, 3.63) is 41.4 Å². The van der Waals surface area contributed by atoms with Crippen LogP contribution in [0.4, 0.5) is 18.9 Å². The van der Waals surface area contributed by atoms with Gasteiger partial charge in [-0.25, -0.2) is 9.67 Å². The average Bonchev–Trinajstić information content (AvgIpc) is 2.79. The number of rotatable bonds is 1. The van der Waals surface area contributed by atoms with Crippen molar-refractivity contribution in [1.82, 2.24) is 25.9 Å². The van der Waals surface area contributed by atoms with Crippen LogP contribution in [0.3, 0.4) is 0 Å². The highest BCUT2D eigenvalue weighted by atomic mass is 35.5. The quantitative estimate of drug-likeness (QED) is 0.526. The highest BCUT2D eigenvalue weighted by Crippen LogP contribution is 2.34. The van der Waals surface area contributed by atoms with Gasteiger partial charge in [0, 0.05) is 17.3 Å². The molecule has 2 aromatic heterocycles. The third-order valence-electron chi connectivity index (χ3n) is 2.84. The number of benzene rings is 1. The molecule has 3 rings (SSSR count). The predicted octanol–water partition coefficient (Wildman–Crippen LogP) is 3.23. The number of anilines is 1. The molecule has 0 spiro atoms. The third kappa shape index (κ3) is 2.68. The summed E-state index contributed by atoms with van der Waals surface area (Å²) in [6, 6.07) is 4.74. The van der Waals surface area contributed by atoms with E-state index in [1.807, 2.05) is 0 Å². The van der Waals surface area contributed by atoms with E-state index in [2.05, 4.69) is 15.1 Å². The molecule has 0 unspecified atom stereocenters. The van der Waals surface area contributed by atoms with Crippen LogP contribution in [-0.4, -0.2) is 19.7 Å². The van der Waals surface area contributed by atoms with Crippen molar-refractivity contribution in [3.8, 4) is 5.82 Å². The number of hydrogen-bond donors (Lipinski definition) is 2. The van der Waals surface area contributed by atoms with Gasteiger partial charge in [-0.05, 0) is 29.8 Å². The topological polar surface area (TPSA) is 105 Å². The van der Waals surface area contributed by atoms with Gasteiger partial charge in [-0.2, -0.15) is 23.3 Å². The Kier molecular flexibility index (Phi) is 3.94. The fraction of sp³-hybridized carbons (Fsp3) is 0.0833. The summed E-state index contributed by atoms with van der Waals surface area (Å²) in [6.45, 7) is 0. The smallest absolute Gasteiger partial charge is 0.399 e. The highest BCUT2D eigenvalue weighted by molar-refractivity contribution is 6.28. The maximum absolute atomic E-state index is 13.1. The molecule has 3 aromatic rings. The number of nitrogens with two attached hydrogens (primary N) is 1. The molecule has 0 fully saturated rings. The Hall–Kier alpha value is -2.39. The molecule has 0 radical (unpaired) electrons. The minimum absolute atomic E-state index is 0. The molecule has 0 saturated carbocycles. The van der Waals surface area contributed by atoms with E-state index >= 15 is 0 Å². The first kappa shape index (κ1) is 16.0. The summed E-state index contributed by atoms with van der Waals surface area (Å²) in [5, 5.41) is 4.24. The van der Waals surface area contributed by atoms with Gasteiger partial charge in [0.15, 0.2) is 5.82 Å². The molecule has 0 aliphatic rings. The molecule has 0 bridgehead atoms. The van der Waals surface area contributed by atoms with Gasteiger partial charge >= 0.3 is 6.18 Å². The molecule has 116 valence electrons. The standard InChI is InChI=1S/C12H7ClF3N5.H3N/c13-11-18-5-8(12(14,15)16)10(20-11)21-9-2-1-7(17)3-6(9)4-19-21;/h1-5H,17H2;1H3. The summed E-state index contributed by atoms with van der Waals surface area (Å²) >= 11 is 5.61. The third-order valence-corrected chi connectivity index (χ3v) is 3.02. The molecule has 1 aromatic carbocycles. The van der Waals surface area contributed by atoms with E-state index in [1.165, 1.54) is 6.20 Å². The van der Waals surface area contributed by atoms with Crippen LogP contribution < -0.4 is 11.9 Å². The molecule has 2 heterocycles. The van der Waals surface area contributed by atoms with Gasteiger partial charge in [-0.1, -0.05) is 0 Å². The van der Waals surface area contributed by atoms with Crippen molar-refractivity contribution in [2.75, 3.05) is 5.73 Å². The maximum Gasteiger partial charge on any atom is 0.421 e. The summed E-state index contributed by atoms with van der Waals surface area (Å²) in [5.74, 6) is -0.428. The van der Waals surface area contributed by atoms with Gasteiger partial charge in [0.25, 0.3) is 0 Å². The summed E-state index contributed by atoms with van der Waals surface area (Å²) in [4.78, 5) is 7.04. The van der Waals surface area contributed by atoms with E-state index in [4.69, 9.17) is 17.3 Å². The van der Waals surface area contributed by atoms with Gasteiger partial charge in [0.05, 0.1) is 11.7 Å². The molecule has 5 N–H and O–H groups in total. The zero-order chi connectivity index (χ0) is 15.2. The van der Waals surface area contributed by atoms with E-state index in [1.54, 1.807) is 18.2 Å². The van der Waals surface area contributed by atoms with Crippen molar-refractivity contribution in [2.45, 2.75) is 6.18 Å². The lowest BCUT2D eigenvalue weighted by Gasteiger charge is -2.12. The highest BCUT2D eigenvalue weighted by Gasteiger charge is 2.36. The first-order valence-corrected chi connectivity index (χ1v) is 6.07. The van der Waals surface area contributed by atoms with Crippen molar-refractivity contribution in [2.24, 2.45) is 0 Å². The number of fused-ring (bicyclic) bond motifs is 1. The molecule has 6 nitrogen and oxygen atoms in total. The Balaban J connectivity index is 0.00000176. The SMILES string of the molecule is N.Nc1ccc2c(cnn2-c2nc(Cl)ncc2C(F)(F)F)c1. The van der Waals surface area contributed by atoms with Gasteiger partial charge in [-0.15, -0.1) is 0 Å². The summed E-state index contributed by atoms with van der Waals surface area (Å²) in [6.07, 6.45) is -2.58. The Labute approximate surface area is 127 Å². The Bertz CT molecular complexity index is 829.